The first-order valence-corrected chi connectivity index (χ1v) is 8.06. The molecule has 1 aromatic heterocycles. The van der Waals surface area contributed by atoms with Gasteiger partial charge in [-0.3, -0.25) is 0 Å². The molecule has 0 spiro atoms. The molecule has 7 nitrogen and oxygen atoms in total. The third-order valence-electron chi connectivity index (χ3n) is 3.86. The Bertz CT molecular complexity index is 891. The highest BCUT2D eigenvalue weighted by atomic mass is 16.5. The zero-order valence-corrected chi connectivity index (χ0v) is 14.7. The lowest BCUT2D eigenvalue weighted by Gasteiger charge is -2.12. The van der Waals surface area contributed by atoms with Crippen LogP contribution in [0.4, 0.5) is 5.69 Å². The monoisotopic (exact) mass is 351 g/mol. The summed E-state index contributed by atoms with van der Waals surface area (Å²) < 4.78 is 12.5. The molecule has 3 N–H and O–H groups in total. The summed E-state index contributed by atoms with van der Waals surface area (Å²) in [6.07, 6.45) is 5.39. The molecule has 0 fully saturated rings. The van der Waals surface area contributed by atoms with Crippen molar-refractivity contribution in [1.82, 2.24) is 9.55 Å². The summed E-state index contributed by atoms with van der Waals surface area (Å²) in [6.45, 7) is 0.430. The van der Waals surface area contributed by atoms with Crippen molar-refractivity contribution in [1.29, 1.82) is 0 Å². The number of para-hydroxylation sites is 1. The second-order valence-electron chi connectivity index (χ2n) is 5.49. The Morgan fingerprint density at radius 1 is 1.19 bits per heavy atom. The van der Waals surface area contributed by atoms with Crippen LogP contribution in [0.5, 0.6) is 11.5 Å². The molecule has 3 rings (SSSR count). The molecule has 2 aromatic carbocycles. The topological polar surface area (TPSA) is 86.7 Å². The molecule has 0 atom stereocenters. The number of anilines is 1. The lowest BCUT2D eigenvalue weighted by Crippen LogP contribution is -2.23. The molecule has 0 bridgehead atoms. The van der Waals surface area contributed by atoms with Gasteiger partial charge in [-0.25, -0.2) is 9.98 Å². The first-order valence-electron chi connectivity index (χ1n) is 8.06. The second-order valence-corrected chi connectivity index (χ2v) is 5.49. The number of aliphatic imine (C=N–C) groups is 1. The van der Waals surface area contributed by atoms with Gasteiger partial charge in [0.2, 0.25) is 0 Å². The number of imidazole rings is 1. The molecule has 134 valence electrons. The minimum Gasteiger partial charge on any atom is -0.497 e. The molecular weight excluding hydrogens is 330 g/mol. The van der Waals surface area contributed by atoms with Crippen molar-refractivity contribution >= 4 is 11.6 Å². The van der Waals surface area contributed by atoms with Crippen molar-refractivity contribution in [2.45, 2.75) is 6.54 Å². The van der Waals surface area contributed by atoms with E-state index in [9.17, 15) is 0 Å². The average molecular weight is 351 g/mol. The van der Waals surface area contributed by atoms with Gasteiger partial charge in [0.1, 0.15) is 11.5 Å². The standard InChI is InChI=1S/C19H21N5O2/c1-25-15-7-8-18(26-2)16(11-15)23-19(20)22-12-14-5-3-4-6-17(14)24-10-9-21-13-24/h3-11,13H,12H2,1-2H3,(H3,20,22,23). The second kappa shape index (κ2) is 8.06. The Balaban J connectivity index is 1.78. The van der Waals surface area contributed by atoms with Crippen LogP contribution in [0.15, 0.2) is 66.2 Å². The minimum absolute atomic E-state index is 0.289. The van der Waals surface area contributed by atoms with Crippen molar-refractivity contribution < 1.29 is 9.47 Å². The molecular formula is C19H21N5O2. The van der Waals surface area contributed by atoms with Crippen molar-refractivity contribution in [3.8, 4) is 17.2 Å². The number of nitrogens with one attached hydrogen (secondary N) is 1. The maximum Gasteiger partial charge on any atom is 0.193 e. The maximum absolute atomic E-state index is 6.06. The van der Waals surface area contributed by atoms with E-state index in [0.717, 1.165) is 11.3 Å². The first kappa shape index (κ1) is 17.3. The molecule has 0 unspecified atom stereocenters. The van der Waals surface area contributed by atoms with E-state index in [1.807, 2.05) is 47.2 Å². The number of benzene rings is 2. The smallest absolute Gasteiger partial charge is 0.193 e. The highest BCUT2D eigenvalue weighted by molar-refractivity contribution is 5.94. The highest BCUT2D eigenvalue weighted by Crippen LogP contribution is 2.28. The summed E-state index contributed by atoms with van der Waals surface area (Å²) in [5, 5.41) is 3.06. The average Bonchev–Trinajstić information content (AvgIpc) is 3.21. The van der Waals surface area contributed by atoms with E-state index in [2.05, 4.69) is 15.3 Å². The zero-order valence-electron chi connectivity index (χ0n) is 14.7. The summed E-state index contributed by atoms with van der Waals surface area (Å²) in [5.41, 5.74) is 8.80. The van der Waals surface area contributed by atoms with Crippen LogP contribution >= 0.6 is 0 Å². The Morgan fingerprint density at radius 3 is 2.77 bits per heavy atom. The summed E-state index contributed by atoms with van der Waals surface area (Å²) in [4.78, 5) is 8.53. The van der Waals surface area contributed by atoms with Crippen molar-refractivity contribution in [3.63, 3.8) is 0 Å². The normalized spacial score (nSPS) is 11.2. The van der Waals surface area contributed by atoms with Crippen molar-refractivity contribution in [2.75, 3.05) is 19.5 Å². The molecule has 0 saturated carbocycles. The van der Waals surface area contributed by atoms with Crippen LogP contribution in [0, 0.1) is 0 Å². The molecule has 1 heterocycles. The van der Waals surface area contributed by atoms with Gasteiger partial charge in [0.25, 0.3) is 0 Å². The SMILES string of the molecule is COc1ccc(OC)c(NC(N)=NCc2ccccc2-n2ccnc2)c1. The summed E-state index contributed by atoms with van der Waals surface area (Å²) >= 11 is 0. The van der Waals surface area contributed by atoms with E-state index in [4.69, 9.17) is 15.2 Å². The number of nitrogens with zero attached hydrogens (tertiary/aromatic N) is 3. The van der Waals surface area contributed by atoms with Gasteiger partial charge in [0.15, 0.2) is 5.96 Å². The van der Waals surface area contributed by atoms with Crippen LogP contribution in [0.25, 0.3) is 5.69 Å². The Hall–Kier alpha value is -3.48. The largest absolute Gasteiger partial charge is 0.497 e. The van der Waals surface area contributed by atoms with Gasteiger partial charge >= 0.3 is 0 Å². The highest BCUT2D eigenvalue weighted by Gasteiger charge is 2.07. The Kier molecular flexibility index (Phi) is 5.38. The van der Waals surface area contributed by atoms with Gasteiger partial charge in [-0.15, -0.1) is 0 Å². The lowest BCUT2D eigenvalue weighted by molar-refractivity contribution is 0.405. The first-order chi connectivity index (χ1) is 12.7. The third-order valence-corrected chi connectivity index (χ3v) is 3.86. The van der Waals surface area contributed by atoms with Crippen LogP contribution in [0.1, 0.15) is 5.56 Å². The van der Waals surface area contributed by atoms with E-state index in [0.29, 0.717) is 23.7 Å². The molecule has 0 aliphatic carbocycles. The number of methoxy groups -OCH3 is 2. The molecule has 0 amide bonds. The lowest BCUT2D eigenvalue weighted by atomic mass is 10.2. The van der Waals surface area contributed by atoms with Crippen molar-refractivity contribution in [3.05, 3.63) is 66.7 Å². The third kappa shape index (κ3) is 3.94. The summed E-state index contributed by atoms with van der Waals surface area (Å²) in [6, 6.07) is 13.4. The van der Waals surface area contributed by atoms with Gasteiger partial charge in [0.05, 0.1) is 38.5 Å². The molecule has 0 aliphatic rings. The molecule has 0 radical (unpaired) electrons. The van der Waals surface area contributed by atoms with Gasteiger partial charge in [-0.05, 0) is 23.8 Å². The van der Waals surface area contributed by atoms with Gasteiger partial charge in [-0.2, -0.15) is 0 Å². The molecule has 0 saturated heterocycles. The van der Waals surface area contributed by atoms with Crippen LogP contribution in [0.3, 0.4) is 0 Å². The van der Waals surface area contributed by atoms with E-state index in [1.54, 1.807) is 32.8 Å². The Morgan fingerprint density at radius 2 is 2.04 bits per heavy atom. The number of nitrogens with two attached hydrogens (primary N) is 1. The zero-order chi connectivity index (χ0) is 18.4. The molecule has 7 heteroatoms. The number of ether oxygens (including phenoxy) is 2. The molecule has 0 aliphatic heterocycles. The summed E-state index contributed by atoms with van der Waals surface area (Å²) in [5.74, 6) is 1.64. The number of hydrogen-bond donors (Lipinski definition) is 2. The minimum atomic E-state index is 0.289. The summed E-state index contributed by atoms with van der Waals surface area (Å²) in [7, 11) is 3.21. The van der Waals surface area contributed by atoms with Gasteiger partial charge in [0, 0.05) is 18.5 Å². The number of rotatable bonds is 6. The Labute approximate surface area is 152 Å². The van der Waals surface area contributed by atoms with Crippen LogP contribution in [-0.2, 0) is 6.54 Å². The number of hydrogen-bond acceptors (Lipinski definition) is 4. The predicted molar refractivity (Wildman–Crippen MR) is 102 cm³/mol. The van der Waals surface area contributed by atoms with E-state index >= 15 is 0 Å². The fourth-order valence-corrected chi connectivity index (χ4v) is 2.56. The van der Waals surface area contributed by atoms with Gasteiger partial charge < -0.3 is 25.1 Å². The fourth-order valence-electron chi connectivity index (χ4n) is 2.56. The molecule has 26 heavy (non-hydrogen) atoms. The van der Waals surface area contributed by atoms with E-state index < -0.39 is 0 Å². The number of aromatic nitrogens is 2. The van der Waals surface area contributed by atoms with E-state index in [-0.39, 0.29) is 5.96 Å². The number of guanidine groups is 1. The van der Waals surface area contributed by atoms with Crippen LogP contribution < -0.4 is 20.5 Å². The van der Waals surface area contributed by atoms with Crippen LogP contribution in [0.2, 0.25) is 0 Å². The predicted octanol–water partition coefficient (Wildman–Crippen LogP) is 2.82. The maximum atomic E-state index is 6.06. The van der Waals surface area contributed by atoms with Gasteiger partial charge in [-0.1, -0.05) is 18.2 Å². The van der Waals surface area contributed by atoms with E-state index in [1.165, 1.54) is 0 Å². The fraction of sp³-hybridized carbons (Fsp3) is 0.158. The van der Waals surface area contributed by atoms with Crippen molar-refractivity contribution in [2.24, 2.45) is 10.7 Å². The van der Waals surface area contributed by atoms with Crippen LogP contribution in [-0.4, -0.2) is 29.7 Å². The molecule has 3 aromatic rings. The quantitative estimate of drug-likeness (QED) is 0.527.